The van der Waals surface area contributed by atoms with Gasteiger partial charge in [0.15, 0.2) is 0 Å². The zero-order chi connectivity index (χ0) is 14.0. The summed E-state index contributed by atoms with van der Waals surface area (Å²) >= 11 is 0. The third-order valence-corrected chi connectivity index (χ3v) is 3.80. The third kappa shape index (κ3) is 3.17. The van der Waals surface area contributed by atoms with Crippen molar-refractivity contribution in [3.8, 4) is 0 Å². The van der Waals surface area contributed by atoms with E-state index in [0.29, 0.717) is 0 Å². The van der Waals surface area contributed by atoms with Gasteiger partial charge in [0, 0.05) is 12.2 Å². The van der Waals surface area contributed by atoms with Crippen LogP contribution in [-0.2, 0) is 6.54 Å². The second kappa shape index (κ2) is 5.48. The summed E-state index contributed by atoms with van der Waals surface area (Å²) in [6.07, 6.45) is 0. The Balaban J connectivity index is 2.16. The molecule has 0 aliphatic rings. The molecule has 0 heterocycles. The van der Waals surface area contributed by atoms with E-state index < -0.39 is 0 Å². The maximum atomic E-state index is 3.54. The first kappa shape index (κ1) is 13.7. The van der Waals surface area contributed by atoms with Crippen LogP contribution in [0.3, 0.4) is 0 Å². The largest absolute Gasteiger partial charge is 0.381 e. The van der Waals surface area contributed by atoms with Crippen molar-refractivity contribution < 1.29 is 0 Å². The fourth-order valence-corrected chi connectivity index (χ4v) is 2.41. The van der Waals surface area contributed by atoms with Gasteiger partial charge in [0.25, 0.3) is 0 Å². The van der Waals surface area contributed by atoms with Crippen LogP contribution >= 0.6 is 0 Å². The van der Waals surface area contributed by atoms with Gasteiger partial charge >= 0.3 is 0 Å². The molecule has 0 bridgehead atoms. The summed E-state index contributed by atoms with van der Waals surface area (Å²) in [5.74, 6) is 0. The highest BCUT2D eigenvalue weighted by molar-refractivity contribution is 5.52. The molecule has 2 rings (SSSR count). The lowest BCUT2D eigenvalue weighted by atomic mass is 10.0. The lowest BCUT2D eigenvalue weighted by Gasteiger charge is -2.13. The van der Waals surface area contributed by atoms with Crippen molar-refractivity contribution in [1.29, 1.82) is 0 Å². The van der Waals surface area contributed by atoms with Crippen LogP contribution in [-0.4, -0.2) is 0 Å². The van der Waals surface area contributed by atoms with E-state index in [0.717, 1.165) is 6.54 Å². The Morgan fingerprint density at radius 3 is 2.11 bits per heavy atom. The Hall–Kier alpha value is -1.76. The van der Waals surface area contributed by atoms with Gasteiger partial charge in [0.05, 0.1) is 0 Å². The molecule has 0 aliphatic carbocycles. The molecule has 0 aromatic heterocycles. The quantitative estimate of drug-likeness (QED) is 0.825. The van der Waals surface area contributed by atoms with Crippen molar-refractivity contribution >= 4 is 5.69 Å². The van der Waals surface area contributed by atoms with Gasteiger partial charge in [-0.3, -0.25) is 0 Å². The number of anilines is 1. The van der Waals surface area contributed by atoms with E-state index in [9.17, 15) is 0 Å². The number of aryl methyl sites for hydroxylation is 5. The van der Waals surface area contributed by atoms with Crippen molar-refractivity contribution in [2.45, 2.75) is 41.2 Å². The highest BCUT2D eigenvalue weighted by Gasteiger charge is 2.03. The molecule has 0 radical (unpaired) electrons. The van der Waals surface area contributed by atoms with E-state index in [4.69, 9.17) is 0 Å². The molecule has 0 aliphatic heterocycles. The monoisotopic (exact) mass is 253 g/mol. The molecule has 0 fully saturated rings. The van der Waals surface area contributed by atoms with E-state index in [1.807, 2.05) is 0 Å². The minimum atomic E-state index is 0.886. The number of nitrogens with one attached hydrogen (secondary N) is 1. The molecule has 1 nitrogen and oxygen atoms in total. The Kier molecular flexibility index (Phi) is 3.94. The van der Waals surface area contributed by atoms with Gasteiger partial charge in [-0.05, 0) is 68.5 Å². The maximum Gasteiger partial charge on any atom is 0.0403 e. The highest BCUT2D eigenvalue weighted by Crippen LogP contribution is 2.20. The van der Waals surface area contributed by atoms with Gasteiger partial charge in [0.2, 0.25) is 0 Å². The molecule has 0 amide bonds. The second-order valence-corrected chi connectivity index (χ2v) is 5.53. The van der Waals surface area contributed by atoms with Crippen molar-refractivity contribution in [3.05, 3.63) is 63.7 Å². The average molecular weight is 253 g/mol. The van der Waals surface area contributed by atoms with E-state index >= 15 is 0 Å². The Bertz CT molecular complexity index is 597. The summed E-state index contributed by atoms with van der Waals surface area (Å²) in [5.41, 5.74) is 9.31. The molecule has 0 unspecified atom stereocenters. The number of rotatable bonds is 3. The lowest BCUT2D eigenvalue weighted by Crippen LogP contribution is -2.04. The van der Waals surface area contributed by atoms with E-state index in [-0.39, 0.29) is 0 Å². The summed E-state index contributed by atoms with van der Waals surface area (Å²) in [7, 11) is 0. The minimum absolute atomic E-state index is 0.886. The molecule has 1 N–H and O–H groups in total. The maximum absolute atomic E-state index is 3.54. The van der Waals surface area contributed by atoms with Gasteiger partial charge in [-0.2, -0.15) is 0 Å². The Labute approximate surface area is 116 Å². The zero-order valence-corrected chi connectivity index (χ0v) is 12.6. The molecule has 0 saturated heterocycles. The molecule has 0 atom stereocenters. The fourth-order valence-electron chi connectivity index (χ4n) is 2.41. The number of benzene rings is 2. The first-order valence-corrected chi connectivity index (χ1v) is 6.85. The summed E-state index contributed by atoms with van der Waals surface area (Å²) < 4.78 is 0. The molecule has 100 valence electrons. The van der Waals surface area contributed by atoms with E-state index in [1.54, 1.807) is 0 Å². The first-order chi connectivity index (χ1) is 8.97. The van der Waals surface area contributed by atoms with Crippen LogP contribution in [0.5, 0.6) is 0 Å². The summed E-state index contributed by atoms with van der Waals surface area (Å²) in [6, 6.07) is 11.1. The molecular formula is C18H23N. The van der Waals surface area contributed by atoms with Crippen LogP contribution in [0.4, 0.5) is 5.69 Å². The fraction of sp³-hybridized carbons (Fsp3) is 0.333. The van der Waals surface area contributed by atoms with Gasteiger partial charge in [-0.1, -0.05) is 29.8 Å². The van der Waals surface area contributed by atoms with Crippen molar-refractivity contribution in [3.63, 3.8) is 0 Å². The van der Waals surface area contributed by atoms with Crippen molar-refractivity contribution in [2.24, 2.45) is 0 Å². The highest BCUT2D eigenvalue weighted by atomic mass is 14.9. The van der Waals surface area contributed by atoms with Crippen LogP contribution in [0.2, 0.25) is 0 Å². The smallest absolute Gasteiger partial charge is 0.0403 e. The molecular weight excluding hydrogens is 230 g/mol. The van der Waals surface area contributed by atoms with Gasteiger partial charge in [-0.15, -0.1) is 0 Å². The summed E-state index contributed by atoms with van der Waals surface area (Å²) in [5, 5.41) is 3.54. The molecule has 19 heavy (non-hydrogen) atoms. The molecule has 1 heteroatoms. The standard InChI is InChI=1S/C18H23N/c1-12-6-7-18(16(5)8-12)19-11-17-10-14(3)13(2)9-15(17)4/h6-10,19H,11H2,1-5H3. The first-order valence-electron chi connectivity index (χ1n) is 6.85. The van der Waals surface area contributed by atoms with E-state index in [2.05, 4.69) is 70.3 Å². The van der Waals surface area contributed by atoms with Gasteiger partial charge in [-0.25, -0.2) is 0 Å². The van der Waals surface area contributed by atoms with Crippen molar-refractivity contribution in [2.75, 3.05) is 5.32 Å². The van der Waals surface area contributed by atoms with E-state index in [1.165, 1.54) is 39.1 Å². The van der Waals surface area contributed by atoms with Gasteiger partial charge in [0.1, 0.15) is 0 Å². The lowest BCUT2D eigenvalue weighted by molar-refractivity contribution is 1.09. The minimum Gasteiger partial charge on any atom is -0.381 e. The Morgan fingerprint density at radius 2 is 1.42 bits per heavy atom. The third-order valence-electron chi connectivity index (χ3n) is 3.80. The molecule has 2 aromatic rings. The van der Waals surface area contributed by atoms with Crippen molar-refractivity contribution in [1.82, 2.24) is 0 Å². The van der Waals surface area contributed by atoms with Crippen LogP contribution < -0.4 is 5.32 Å². The van der Waals surface area contributed by atoms with Gasteiger partial charge < -0.3 is 5.32 Å². The second-order valence-electron chi connectivity index (χ2n) is 5.53. The number of hydrogen-bond donors (Lipinski definition) is 1. The topological polar surface area (TPSA) is 12.0 Å². The SMILES string of the molecule is Cc1ccc(NCc2cc(C)c(C)cc2C)c(C)c1. The Morgan fingerprint density at radius 1 is 0.737 bits per heavy atom. The van der Waals surface area contributed by atoms with Crippen LogP contribution in [0.25, 0.3) is 0 Å². The molecule has 0 spiro atoms. The van der Waals surface area contributed by atoms with Crippen LogP contribution in [0, 0.1) is 34.6 Å². The normalized spacial score (nSPS) is 10.6. The van der Waals surface area contributed by atoms with Crippen LogP contribution in [0.1, 0.15) is 33.4 Å². The zero-order valence-electron chi connectivity index (χ0n) is 12.6. The molecule has 0 saturated carbocycles. The number of hydrogen-bond acceptors (Lipinski definition) is 1. The predicted octanol–water partition coefficient (Wildman–Crippen LogP) is 4.84. The summed E-state index contributed by atoms with van der Waals surface area (Å²) in [4.78, 5) is 0. The molecule has 2 aromatic carbocycles. The van der Waals surface area contributed by atoms with Crippen LogP contribution in [0.15, 0.2) is 30.3 Å². The predicted molar refractivity (Wildman–Crippen MR) is 83.9 cm³/mol. The average Bonchev–Trinajstić information content (AvgIpc) is 2.34. The summed E-state index contributed by atoms with van der Waals surface area (Å²) in [6.45, 7) is 11.7.